The van der Waals surface area contributed by atoms with Crippen molar-refractivity contribution in [1.29, 1.82) is 0 Å². The van der Waals surface area contributed by atoms with Crippen LogP contribution in [-0.4, -0.2) is 48.6 Å². The lowest BCUT2D eigenvalue weighted by molar-refractivity contribution is -0.133. The average Bonchev–Trinajstić information content (AvgIpc) is 3.20. The summed E-state index contributed by atoms with van der Waals surface area (Å²) in [5.74, 6) is 0.845. The van der Waals surface area contributed by atoms with Gasteiger partial charge in [-0.3, -0.25) is 4.79 Å². The van der Waals surface area contributed by atoms with Gasteiger partial charge in [-0.25, -0.2) is 4.98 Å². The maximum atomic E-state index is 12.8. The van der Waals surface area contributed by atoms with Crippen LogP contribution in [0.1, 0.15) is 44.4 Å². The molecule has 1 aliphatic rings. The second kappa shape index (κ2) is 9.10. The highest BCUT2D eigenvalue weighted by atomic mass is 32.1. The zero-order chi connectivity index (χ0) is 22.9. The minimum absolute atomic E-state index is 0.0365. The van der Waals surface area contributed by atoms with E-state index in [0.717, 1.165) is 41.5 Å². The molecule has 1 aliphatic heterocycles. The number of nitrogens with zero attached hydrogens (tertiary/aromatic N) is 3. The van der Waals surface area contributed by atoms with Crippen LogP contribution >= 0.6 is 11.3 Å². The zero-order valence-corrected chi connectivity index (χ0v) is 20.6. The van der Waals surface area contributed by atoms with Crippen molar-refractivity contribution in [3.8, 4) is 5.75 Å². The lowest BCUT2D eigenvalue weighted by atomic mass is 9.85. The topological polar surface area (TPSA) is 45.7 Å². The van der Waals surface area contributed by atoms with Gasteiger partial charge in [0.2, 0.25) is 0 Å². The second-order valence-corrected chi connectivity index (χ2v) is 10.6. The van der Waals surface area contributed by atoms with E-state index < -0.39 is 0 Å². The number of hydrogen-bond donors (Lipinski definition) is 0. The van der Waals surface area contributed by atoms with Crippen molar-refractivity contribution < 1.29 is 9.53 Å². The molecule has 0 aliphatic carbocycles. The highest BCUT2D eigenvalue weighted by molar-refractivity contribution is 7.22. The molecule has 1 aromatic heterocycles. The molecule has 2 aromatic carbocycles. The van der Waals surface area contributed by atoms with Crippen LogP contribution in [0.2, 0.25) is 0 Å². The third-order valence-electron chi connectivity index (χ3n) is 6.05. The lowest BCUT2D eigenvalue weighted by Gasteiger charge is -2.34. The summed E-state index contributed by atoms with van der Waals surface area (Å²) in [6.07, 6.45) is 1.03. The van der Waals surface area contributed by atoms with Crippen molar-refractivity contribution in [1.82, 2.24) is 9.88 Å². The third-order valence-corrected chi connectivity index (χ3v) is 7.13. The van der Waals surface area contributed by atoms with Gasteiger partial charge in [0.15, 0.2) is 11.7 Å². The first kappa shape index (κ1) is 22.6. The second-order valence-electron chi connectivity index (χ2n) is 9.56. The van der Waals surface area contributed by atoms with Crippen LogP contribution < -0.4 is 9.64 Å². The molecule has 2 heterocycles. The van der Waals surface area contributed by atoms with E-state index in [1.165, 1.54) is 15.8 Å². The fraction of sp³-hybridized carbons (Fsp3) is 0.462. The van der Waals surface area contributed by atoms with Crippen LogP contribution in [-0.2, 0) is 16.6 Å². The number of rotatable bonds is 5. The average molecular weight is 452 g/mol. The third kappa shape index (κ3) is 4.90. The quantitative estimate of drug-likeness (QED) is 0.535. The molecule has 0 unspecified atom stereocenters. The number of amides is 1. The molecule has 5 nitrogen and oxygen atoms in total. The van der Waals surface area contributed by atoms with Crippen LogP contribution in [0.4, 0.5) is 5.13 Å². The fourth-order valence-corrected chi connectivity index (χ4v) is 5.13. The fourth-order valence-electron chi connectivity index (χ4n) is 4.05. The maximum absolute atomic E-state index is 12.8. The van der Waals surface area contributed by atoms with Crippen molar-refractivity contribution in [3.05, 3.63) is 53.1 Å². The molecule has 1 amide bonds. The van der Waals surface area contributed by atoms with Crippen LogP contribution in [0.3, 0.4) is 0 Å². The number of anilines is 1. The van der Waals surface area contributed by atoms with Crippen molar-refractivity contribution in [2.24, 2.45) is 0 Å². The van der Waals surface area contributed by atoms with Crippen molar-refractivity contribution in [3.63, 3.8) is 0 Å². The number of aryl methyl sites for hydroxylation is 2. The normalized spacial score (nSPS) is 14.8. The Hall–Kier alpha value is -2.60. The maximum Gasteiger partial charge on any atom is 0.260 e. The van der Waals surface area contributed by atoms with E-state index >= 15 is 0 Å². The number of fused-ring (bicyclic) bond motifs is 1. The van der Waals surface area contributed by atoms with E-state index in [9.17, 15) is 4.79 Å². The first-order valence-electron chi connectivity index (χ1n) is 11.4. The summed E-state index contributed by atoms with van der Waals surface area (Å²) in [5, 5.41) is 1.05. The Morgan fingerprint density at radius 3 is 2.53 bits per heavy atom. The number of carbonyl (C=O) groups excluding carboxylic acids is 1. The molecular formula is C26H33N3O2S. The van der Waals surface area contributed by atoms with Crippen molar-refractivity contribution >= 4 is 32.6 Å². The van der Waals surface area contributed by atoms with E-state index in [2.05, 4.69) is 63.8 Å². The summed E-state index contributed by atoms with van der Waals surface area (Å²) in [4.78, 5) is 21.8. The standard InChI is InChI=1S/C26H33N3O2S/c1-6-19-8-9-21-23(16-19)32-25(27-21)29-13-11-28(12-14-29)24(30)17-31-22-10-7-18(2)15-20(22)26(3,4)5/h7-10,15-16H,6,11-14,17H2,1-5H3. The van der Waals surface area contributed by atoms with Crippen molar-refractivity contribution in [2.45, 2.75) is 46.5 Å². The molecule has 0 bridgehead atoms. The molecule has 1 fully saturated rings. The van der Waals surface area contributed by atoms with Gasteiger partial charge in [-0.2, -0.15) is 0 Å². The number of ether oxygens (including phenoxy) is 1. The summed E-state index contributed by atoms with van der Waals surface area (Å²) in [7, 11) is 0. The molecule has 170 valence electrons. The van der Waals surface area contributed by atoms with Gasteiger partial charge in [-0.05, 0) is 48.1 Å². The zero-order valence-electron chi connectivity index (χ0n) is 19.8. The predicted molar refractivity (Wildman–Crippen MR) is 133 cm³/mol. The highest BCUT2D eigenvalue weighted by Crippen LogP contribution is 2.33. The van der Waals surface area contributed by atoms with E-state index in [0.29, 0.717) is 13.1 Å². The summed E-state index contributed by atoms with van der Waals surface area (Å²) >= 11 is 1.74. The Morgan fingerprint density at radius 1 is 1.09 bits per heavy atom. The number of piperazine rings is 1. The Bertz CT molecular complexity index is 1110. The van der Waals surface area contributed by atoms with Crippen LogP contribution in [0.15, 0.2) is 36.4 Å². The van der Waals surface area contributed by atoms with E-state index in [1.807, 2.05) is 17.0 Å². The van der Waals surface area contributed by atoms with E-state index in [-0.39, 0.29) is 17.9 Å². The molecule has 0 saturated carbocycles. The summed E-state index contributed by atoms with van der Waals surface area (Å²) < 4.78 is 7.23. The van der Waals surface area contributed by atoms with Gasteiger partial charge in [0.1, 0.15) is 5.75 Å². The number of benzene rings is 2. The highest BCUT2D eigenvalue weighted by Gasteiger charge is 2.25. The number of aromatic nitrogens is 1. The first-order valence-corrected chi connectivity index (χ1v) is 12.2. The smallest absolute Gasteiger partial charge is 0.260 e. The Morgan fingerprint density at radius 2 is 1.84 bits per heavy atom. The Labute approximate surface area is 195 Å². The minimum atomic E-state index is -0.0365. The first-order chi connectivity index (χ1) is 15.2. The van der Waals surface area contributed by atoms with Gasteiger partial charge < -0.3 is 14.5 Å². The molecule has 0 spiro atoms. The largest absolute Gasteiger partial charge is 0.483 e. The van der Waals surface area contributed by atoms with Gasteiger partial charge in [0.05, 0.1) is 10.2 Å². The Balaban J connectivity index is 1.35. The number of thiazole rings is 1. The molecule has 4 rings (SSSR count). The van der Waals surface area contributed by atoms with Crippen LogP contribution in [0, 0.1) is 6.92 Å². The Kier molecular flexibility index (Phi) is 6.42. The van der Waals surface area contributed by atoms with Gasteiger partial charge in [-0.1, -0.05) is 62.8 Å². The number of carbonyl (C=O) groups is 1. The van der Waals surface area contributed by atoms with Crippen molar-refractivity contribution in [2.75, 3.05) is 37.7 Å². The molecule has 32 heavy (non-hydrogen) atoms. The van der Waals surface area contributed by atoms with Crippen LogP contribution in [0.25, 0.3) is 10.2 Å². The molecule has 1 saturated heterocycles. The summed E-state index contributed by atoms with van der Waals surface area (Å²) in [5.41, 5.74) is 4.70. The predicted octanol–water partition coefficient (Wildman–Crippen LogP) is 5.19. The molecule has 3 aromatic rings. The monoisotopic (exact) mass is 451 g/mol. The van der Waals surface area contributed by atoms with Crippen LogP contribution in [0.5, 0.6) is 5.75 Å². The van der Waals surface area contributed by atoms with E-state index in [4.69, 9.17) is 9.72 Å². The van der Waals surface area contributed by atoms with Gasteiger partial charge >= 0.3 is 0 Å². The summed E-state index contributed by atoms with van der Waals surface area (Å²) in [6.45, 7) is 13.8. The van der Waals surface area contributed by atoms with E-state index in [1.54, 1.807) is 11.3 Å². The SMILES string of the molecule is CCc1ccc2nc(N3CCN(C(=O)COc4ccc(C)cc4C(C)(C)C)CC3)sc2c1. The molecule has 6 heteroatoms. The lowest BCUT2D eigenvalue weighted by Crippen LogP contribution is -2.50. The number of hydrogen-bond acceptors (Lipinski definition) is 5. The van der Waals surface area contributed by atoms with Gasteiger partial charge in [0.25, 0.3) is 5.91 Å². The van der Waals surface area contributed by atoms with Gasteiger partial charge in [0, 0.05) is 26.2 Å². The minimum Gasteiger partial charge on any atom is -0.483 e. The molecular weight excluding hydrogens is 418 g/mol. The van der Waals surface area contributed by atoms with Gasteiger partial charge in [-0.15, -0.1) is 0 Å². The molecule has 0 radical (unpaired) electrons. The summed E-state index contributed by atoms with van der Waals surface area (Å²) in [6, 6.07) is 12.7. The molecule has 0 N–H and O–H groups in total. The molecule has 0 atom stereocenters.